The Balaban J connectivity index is 1.55. The van der Waals surface area contributed by atoms with Crippen molar-refractivity contribution in [2.24, 2.45) is 0 Å². The van der Waals surface area contributed by atoms with Crippen molar-refractivity contribution in [3.8, 4) is 5.75 Å². The zero-order valence-electron chi connectivity index (χ0n) is 18.4. The minimum Gasteiger partial charge on any atom is -0.491 e. The van der Waals surface area contributed by atoms with E-state index in [1.807, 2.05) is 73.7 Å². The first kappa shape index (κ1) is 22.1. The highest BCUT2D eigenvalue weighted by Crippen LogP contribution is 2.32. The number of nitrogens with one attached hydrogen (secondary N) is 2. The van der Waals surface area contributed by atoms with Gasteiger partial charge in [-0.05, 0) is 49.4 Å². The molecule has 3 aromatic carbocycles. The van der Waals surface area contributed by atoms with Crippen LogP contribution in [0.3, 0.4) is 0 Å². The van der Waals surface area contributed by atoms with Gasteiger partial charge < -0.3 is 24.6 Å². The first-order valence-electron chi connectivity index (χ1n) is 10.9. The van der Waals surface area contributed by atoms with Crippen LogP contribution in [0.5, 0.6) is 5.75 Å². The Morgan fingerprint density at radius 3 is 2.45 bits per heavy atom. The molecule has 0 aliphatic rings. The van der Waals surface area contributed by atoms with Crippen LogP contribution in [0, 0.1) is 6.92 Å². The Labute approximate surface area is 192 Å². The molecule has 168 valence electrons. The van der Waals surface area contributed by atoms with Crippen LogP contribution >= 0.6 is 0 Å². The fourth-order valence-corrected chi connectivity index (χ4v) is 3.67. The summed E-state index contributed by atoms with van der Waals surface area (Å²) in [4.78, 5) is 22.6. The van der Waals surface area contributed by atoms with Crippen LogP contribution in [-0.4, -0.2) is 25.3 Å². The molecule has 6 heteroatoms. The Morgan fingerprint density at radius 1 is 1.00 bits per heavy atom. The number of aldehydes is 1. The summed E-state index contributed by atoms with van der Waals surface area (Å²) in [5.41, 5.74) is 3.26. The zero-order valence-corrected chi connectivity index (χ0v) is 18.4. The second kappa shape index (κ2) is 10.5. The smallest absolute Gasteiger partial charge is 0.251 e. The molecule has 0 saturated heterocycles. The Bertz CT molecular complexity index is 1220. The molecule has 0 aliphatic carbocycles. The average Bonchev–Trinajstić information content (AvgIpc) is 3.19. The van der Waals surface area contributed by atoms with Crippen LogP contribution in [0.1, 0.15) is 34.1 Å². The maximum Gasteiger partial charge on any atom is 0.251 e. The molecule has 6 nitrogen and oxygen atoms in total. The molecule has 1 aromatic heterocycles. The molecule has 1 atom stereocenters. The Kier molecular flexibility index (Phi) is 7.05. The Hall–Kier alpha value is -4.06. The topological polar surface area (TPSA) is 80.6 Å². The lowest BCUT2D eigenvalue weighted by Crippen LogP contribution is -2.24. The first-order chi connectivity index (χ1) is 16.2. The first-order valence-corrected chi connectivity index (χ1v) is 10.9. The summed E-state index contributed by atoms with van der Waals surface area (Å²) >= 11 is 0. The molecule has 2 N–H and O–H groups in total. The number of para-hydroxylation sites is 2. The summed E-state index contributed by atoms with van der Waals surface area (Å²) in [6, 6.07) is 24.6. The van der Waals surface area contributed by atoms with E-state index in [9.17, 15) is 9.59 Å². The molecular weight excluding hydrogens is 416 g/mol. The number of hydrogen-bond acceptors (Lipinski definition) is 5. The summed E-state index contributed by atoms with van der Waals surface area (Å²) in [6.07, 6.45) is 1.08. The van der Waals surface area contributed by atoms with Crippen molar-refractivity contribution >= 4 is 28.8 Å². The maximum atomic E-state index is 12.2. The van der Waals surface area contributed by atoms with Crippen molar-refractivity contribution in [1.82, 2.24) is 5.32 Å². The van der Waals surface area contributed by atoms with Gasteiger partial charge in [0.15, 0.2) is 0 Å². The molecule has 0 bridgehead atoms. The van der Waals surface area contributed by atoms with Crippen LogP contribution in [0.25, 0.3) is 11.0 Å². The third kappa shape index (κ3) is 5.41. The van der Waals surface area contributed by atoms with E-state index in [0.717, 1.165) is 40.0 Å². The number of ether oxygens (including phenoxy) is 1. The fourth-order valence-electron chi connectivity index (χ4n) is 3.67. The highest BCUT2D eigenvalue weighted by Gasteiger charge is 2.21. The van der Waals surface area contributed by atoms with E-state index >= 15 is 0 Å². The average molecular weight is 443 g/mol. The van der Waals surface area contributed by atoms with Crippen molar-refractivity contribution in [2.45, 2.75) is 19.4 Å². The number of rotatable bonds is 10. The van der Waals surface area contributed by atoms with Gasteiger partial charge in [-0.3, -0.25) is 4.79 Å². The third-order valence-corrected chi connectivity index (χ3v) is 5.39. The molecule has 0 spiro atoms. The summed E-state index contributed by atoms with van der Waals surface area (Å²) in [7, 11) is 0. The van der Waals surface area contributed by atoms with Gasteiger partial charge in [-0.25, -0.2) is 0 Å². The molecule has 4 rings (SSSR count). The number of hydrogen-bond donors (Lipinski definition) is 2. The summed E-state index contributed by atoms with van der Waals surface area (Å²) in [6.45, 7) is 2.73. The van der Waals surface area contributed by atoms with Gasteiger partial charge in [-0.1, -0.05) is 36.4 Å². The van der Waals surface area contributed by atoms with Crippen LogP contribution < -0.4 is 15.4 Å². The van der Waals surface area contributed by atoms with Gasteiger partial charge in [0.2, 0.25) is 0 Å². The van der Waals surface area contributed by atoms with E-state index in [2.05, 4.69) is 10.6 Å². The largest absolute Gasteiger partial charge is 0.491 e. The molecule has 33 heavy (non-hydrogen) atoms. The van der Waals surface area contributed by atoms with Crippen LogP contribution in [0.4, 0.5) is 5.69 Å². The minimum absolute atomic E-state index is 0.208. The molecule has 1 heterocycles. The Morgan fingerprint density at radius 2 is 1.73 bits per heavy atom. The van der Waals surface area contributed by atoms with Crippen LogP contribution in [-0.2, 0) is 4.79 Å². The number of furan rings is 1. The summed E-state index contributed by atoms with van der Waals surface area (Å²) < 4.78 is 12.3. The van der Waals surface area contributed by atoms with Crippen LogP contribution in [0.2, 0.25) is 0 Å². The molecule has 4 aromatic rings. The normalized spacial score (nSPS) is 11.7. The predicted molar refractivity (Wildman–Crippen MR) is 129 cm³/mol. The molecule has 0 fully saturated rings. The van der Waals surface area contributed by atoms with E-state index in [4.69, 9.17) is 9.15 Å². The van der Waals surface area contributed by atoms with Crippen LogP contribution in [0.15, 0.2) is 83.3 Å². The molecule has 1 amide bonds. The second-order valence-electron chi connectivity index (χ2n) is 7.70. The van der Waals surface area contributed by atoms with Gasteiger partial charge in [-0.15, -0.1) is 0 Å². The van der Waals surface area contributed by atoms with Crippen molar-refractivity contribution in [3.05, 3.63) is 95.7 Å². The van der Waals surface area contributed by atoms with E-state index in [-0.39, 0.29) is 11.9 Å². The SMILES string of the molecule is Cc1c(C(COc2ccccc2)Nc2ccc(C(=O)NCCC=O)cc2)oc2ccccc12. The number of amides is 1. The highest BCUT2D eigenvalue weighted by atomic mass is 16.5. The van der Waals surface area contributed by atoms with Gasteiger partial charge >= 0.3 is 0 Å². The zero-order chi connectivity index (χ0) is 23.0. The van der Waals surface area contributed by atoms with Gasteiger partial charge in [0.05, 0.1) is 0 Å². The van der Waals surface area contributed by atoms with Gasteiger partial charge in [0, 0.05) is 35.2 Å². The lowest BCUT2D eigenvalue weighted by atomic mass is 10.1. The third-order valence-electron chi connectivity index (χ3n) is 5.39. The number of carbonyl (C=O) groups excluding carboxylic acids is 2. The lowest BCUT2D eigenvalue weighted by Gasteiger charge is -2.20. The second-order valence-corrected chi connectivity index (χ2v) is 7.70. The van der Waals surface area contributed by atoms with E-state index in [0.29, 0.717) is 25.1 Å². The number of aryl methyl sites for hydroxylation is 1. The van der Waals surface area contributed by atoms with Gasteiger partial charge in [-0.2, -0.15) is 0 Å². The molecule has 0 aliphatic heterocycles. The monoisotopic (exact) mass is 442 g/mol. The van der Waals surface area contributed by atoms with E-state index in [1.54, 1.807) is 12.1 Å². The number of benzene rings is 3. The molecule has 1 unspecified atom stereocenters. The summed E-state index contributed by atoms with van der Waals surface area (Å²) in [5.74, 6) is 1.38. The summed E-state index contributed by atoms with van der Waals surface area (Å²) in [5, 5.41) is 7.28. The molecule has 0 saturated carbocycles. The quantitative estimate of drug-likeness (QED) is 0.258. The van der Waals surface area contributed by atoms with Gasteiger partial charge in [0.25, 0.3) is 5.91 Å². The lowest BCUT2D eigenvalue weighted by molar-refractivity contribution is -0.107. The standard InChI is InChI=1S/C27H26N2O4/c1-19-23-10-5-6-11-25(23)33-26(19)24(18-32-22-8-3-2-4-9-22)29-21-14-12-20(13-15-21)27(31)28-16-7-17-30/h2-6,8-15,17,24,29H,7,16,18H2,1H3,(H,28,31). The van der Waals surface area contributed by atoms with E-state index < -0.39 is 0 Å². The van der Waals surface area contributed by atoms with Crippen molar-refractivity contribution in [2.75, 3.05) is 18.5 Å². The predicted octanol–water partition coefficient (Wildman–Crippen LogP) is 5.29. The molecular formula is C27H26N2O4. The molecule has 0 radical (unpaired) electrons. The number of carbonyl (C=O) groups is 2. The van der Waals surface area contributed by atoms with Crippen molar-refractivity contribution < 1.29 is 18.7 Å². The number of fused-ring (bicyclic) bond motifs is 1. The fraction of sp³-hybridized carbons (Fsp3) is 0.185. The van der Waals surface area contributed by atoms with Gasteiger partial charge in [0.1, 0.15) is 36.0 Å². The van der Waals surface area contributed by atoms with Crippen molar-refractivity contribution in [1.29, 1.82) is 0 Å². The van der Waals surface area contributed by atoms with E-state index in [1.165, 1.54) is 0 Å². The number of anilines is 1. The maximum absolute atomic E-state index is 12.2. The minimum atomic E-state index is -0.245. The van der Waals surface area contributed by atoms with Crippen molar-refractivity contribution in [3.63, 3.8) is 0 Å². The highest BCUT2D eigenvalue weighted by molar-refractivity contribution is 5.94.